The Bertz CT molecular complexity index is 531. The first-order valence-electron chi connectivity index (χ1n) is 7.72. The summed E-state index contributed by atoms with van der Waals surface area (Å²) in [5.41, 5.74) is 0.681. The summed E-state index contributed by atoms with van der Waals surface area (Å²) >= 11 is 6.06. The lowest BCUT2D eigenvalue weighted by Crippen LogP contribution is -2.59. The Hall–Kier alpha value is -1.26. The van der Waals surface area contributed by atoms with Crippen LogP contribution in [0.5, 0.6) is 0 Å². The van der Waals surface area contributed by atoms with Gasteiger partial charge in [0, 0.05) is 11.6 Å². The molecule has 1 aromatic rings. The molecular weight excluding hydrogens is 300 g/mol. The molecule has 1 aliphatic heterocycles. The van der Waals surface area contributed by atoms with Crippen LogP contribution in [0.3, 0.4) is 0 Å². The zero-order chi connectivity index (χ0) is 16.3. The first kappa shape index (κ1) is 17.1. The zero-order valence-electron chi connectivity index (χ0n) is 13.7. The third-order valence-corrected chi connectivity index (χ3v) is 4.08. The van der Waals surface area contributed by atoms with E-state index in [0.717, 1.165) is 5.56 Å². The summed E-state index contributed by atoms with van der Waals surface area (Å²) < 4.78 is 5.96. The van der Waals surface area contributed by atoms with Gasteiger partial charge in [-0.2, -0.15) is 0 Å². The maximum absolute atomic E-state index is 12.5. The second-order valence-corrected chi connectivity index (χ2v) is 7.29. The number of carbonyl (C=O) groups excluding carboxylic acids is 1. The first-order chi connectivity index (χ1) is 10.3. The molecule has 1 heterocycles. The van der Waals surface area contributed by atoms with E-state index < -0.39 is 0 Å². The van der Waals surface area contributed by atoms with Gasteiger partial charge < -0.3 is 15.0 Å². The van der Waals surface area contributed by atoms with Crippen molar-refractivity contribution in [2.24, 2.45) is 5.92 Å². The molecule has 1 aromatic carbocycles. The van der Waals surface area contributed by atoms with E-state index in [9.17, 15) is 4.79 Å². The van der Waals surface area contributed by atoms with Crippen LogP contribution in [0.1, 0.15) is 39.4 Å². The number of nitrogens with one attached hydrogen (secondary N) is 1. The zero-order valence-corrected chi connectivity index (χ0v) is 14.5. The monoisotopic (exact) mass is 324 g/mol. The average molecular weight is 325 g/mol. The quantitative estimate of drug-likeness (QED) is 0.917. The molecule has 122 valence electrons. The van der Waals surface area contributed by atoms with Gasteiger partial charge in [0.05, 0.1) is 18.7 Å². The molecule has 22 heavy (non-hydrogen) atoms. The largest absolute Gasteiger partial charge is 0.369 e. The van der Waals surface area contributed by atoms with Gasteiger partial charge in [0.15, 0.2) is 0 Å². The third-order valence-electron chi connectivity index (χ3n) is 3.84. The maximum Gasteiger partial charge on any atom is 0.318 e. The fourth-order valence-electron chi connectivity index (χ4n) is 2.50. The van der Waals surface area contributed by atoms with E-state index in [2.05, 4.69) is 19.2 Å². The Labute approximate surface area is 137 Å². The smallest absolute Gasteiger partial charge is 0.318 e. The van der Waals surface area contributed by atoms with Crippen molar-refractivity contribution in [2.75, 3.05) is 19.7 Å². The van der Waals surface area contributed by atoms with Crippen LogP contribution in [0.2, 0.25) is 5.02 Å². The Kier molecular flexibility index (Phi) is 5.35. The van der Waals surface area contributed by atoms with Crippen molar-refractivity contribution < 1.29 is 9.53 Å². The highest BCUT2D eigenvalue weighted by atomic mass is 35.5. The predicted octanol–water partition coefficient (Wildman–Crippen LogP) is 3.86. The minimum Gasteiger partial charge on any atom is -0.369 e. The molecule has 1 atom stereocenters. The number of benzene rings is 1. The number of rotatable bonds is 3. The molecule has 2 rings (SSSR count). The number of ether oxygens (including phenoxy) is 1. The van der Waals surface area contributed by atoms with Gasteiger partial charge in [-0.05, 0) is 37.5 Å². The molecule has 1 saturated heterocycles. The van der Waals surface area contributed by atoms with Crippen molar-refractivity contribution in [1.29, 1.82) is 0 Å². The normalized spacial score (nSPS) is 21.0. The summed E-state index contributed by atoms with van der Waals surface area (Å²) in [5, 5.41) is 3.68. The molecular formula is C17H25ClN2O2. The van der Waals surface area contributed by atoms with Crippen LogP contribution < -0.4 is 5.32 Å². The van der Waals surface area contributed by atoms with Gasteiger partial charge in [0.2, 0.25) is 0 Å². The number of hydrogen-bond donors (Lipinski definition) is 1. The van der Waals surface area contributed by atoms with Gasteiger partial charge in [0.25, 0.3) is 0 Å². The average Bonchev–Trinajstić information content (AvgIpc) is 2.44. The van der Waals surface area contributed by atoms with Gasteiger partial charge in [-0.15, -0.1) is 0 Å². The fourth-order valence-corrected chi connectivity index (χ4v) is 2.70. The van der Waals surface area contributed by atoms with E-state index in [0.29, 0.717) is 30.6 Å². The summed E-state index contributed by atoms with van der Waals surface area (Å²) in [7, 11) is 0. The van der Waals surface area contributed by atoms with E-state index in [1.54, 1.807) is 0 Å². The lowest BCUT2D eigenvalue weighted by Gasteiger charge is -2.45. The summed E-state index contributed by atoms with van der Waals surface area (Å²) in [6.45, 7) is 9.91. The second-order valence-electron chi connectivity index (χ2n) is 6.86. The van der Waals surface area contributed by atoms with Gasteiger partial charge >= 0.3 is 6.03 Å². The van der Waals surface area contributed by atoms with Gasteiger partial charge in [-0.3, -0.25) is 0 Å². The Morgan fingerprint density at radius 2 is 2.23 bits per heavy atom. The first-order valence-corrected chi connectivity index (χ1v) is 8.10. The molecule has 1 aliphatic rings. The predicted molar refractivity (Wildman–Crippen MR) is 89.2 cm³/mol. The minimum absolute atomic E-state index is 0.0333. The molecule has 0 saturated carbocycles. The van der Waals surface area contributed by atoms with Crippen LogP contribution in [0.4, 0.5) is 4.79 Å². The lowest BCUT2D eigenvalue weighted by molar-refractivity contribution is -0.0804. The van der Waals surface area contributed by atoms with Crippen LogP contribution in [0.25, 0.3) is 0 Å². The van der Waals surface area contributed by atoms with E-state index in [-0.39, 0.29) is 17.7 Å². The number of morpholine rings is 1. The number of halogens is 1. The highest BCUT2D eigenvalue weighted by molar-refractivity contribution is 6.30. The van der Waals surface area contributed by atoms with Crippen molar-refractivity contribution in [1.82, 2.24) is 10.2 Å². The van der Waals surface area contributed by atoms with E-state index in [4.69, 9.17) is 16.3 Å². The summed E-state index contributed by atoms with van der Waals surface area (Å²) in [4.78, 5) is 14.4. The maximum atomic E-state index is 12.5. The Morgan fingerprint density at radius 1 is 1.50 bits per heavy atom. The molecule has 0 aliphatic carbocycles. The second kappa shape index (κ2) is 6.88. The van der Waals surface area contributed by atoms with Crippen molar-refractivity contribution in [3.05, 3.63) is 34.9 Å². The SMILES string of the molecule is CC(C)CNC(=O)N1CC(c2cccc(Cl)c2)OCC1(C)C. The number of hydrogen-bond acceptors (Lipinski definition) is 2. The molecule has 1 unspecified atom stereocenters. The molecule has 1 fully saturated rings. The molecule has 0 bridgehead atoms. The van der Waals surface area contributed by atoms with Crippen molar-refractivity contribution in [3.8, 4) is 0 Å². The van der Waals surface area contributed by atoms with Gasteiger partial charge in [-0.1, -0.05) is 37.6 Å². The number of amides is 2. The molecule has 4 nitrogen and oxygen atoms in total. The molecule has 0 aromatic heterocycles. The van der Waals surface area contributed by atoms with Crippen molar-refractivity contribution in [2.45, 2.75) is 39.3 Å². The Balaban J connectivity index is 2.11. The van der Waals surface area contributed by atoms with Crippen LogP contribution in [0, 0.1) is 5.92 Å². The summed E-state index contributed by atoms with van der Waals surface area (Å²) in [5.74, 6) is 0.428. The number of carbonyl (C=O) groups is 1. The molecule has 1 N–H and O–H groups in total. The number of nitrogens with zero attached hydrogens (tertiary/aromatic N) is 1. The molecule has 0 spiro atoms. The van der Waals surface area contributed by atoms with Crippen LogP contribution in [0.15, 0.2) is 24.3 Å². The fraction of sp³-hybridized carbons (Fsp3) is 0.588. The standard InChI is InChI=1S/C17H25ClN2O2/c1-12(2)9-19-16(21)20-10-15(22-11-17(20,3)4)13-6-5-7-14(18)8-13/h5-8,12,15H,9-11H2,1-4H3,(H,19,21). The topological polar surface area (TPSA) is 41.6 Å². The van der Waals surface area contributed by atoms with Crippen LogP contribution in [-0.2, 0) is 4.74 Å². The van der Waals surface area contributed by atoms with Gasteiger partial charge in [0.1, 0.15) is 6.10 Å². The van der Waals surface area contributed by atoms with Gasteiger partial charge in [-0.25, -0.2) is 4.79 Å². The highest BCUT2D eigenvalue weighted by Crippen LogP contribution is 2.31. The van der Waals surface area contributed by atoms with E-state index in [1.165, 1.54) is 0 Å². The molecule has 2 amide bonds. The van der Waals surface area contributed by atoms with Crippen molar-refractivity contribution in [3.63, 3.8) is 0 Å². The molecule has 5 heteroatoms. The molecule has 0 radical (unpaired) electrons. The summed E-state index contributed by atoms with van der Waals surface area (Å²) in [6, 6.07) is 7.59. The Morgan fingerprint density at radius 3 is 2.86 bits per heavy atom. The minimum atomic E-state index is -0.323. The lowest BCUT2D eigenvalue weighted by atomic mass is 9.98. The number of urea groups is 1. The van der Waals surface area contributed by atoms with Crippen LogP contribution >= 0.6 is 11.6 Å². The van der Waals surface area contributed by atoms with Crippen LogP contribution in [-0.4, -0.2) is 36.2 Å². The van der Waals surface area contributed by atoms with Crippen molar-refractivity contribution >= 4 is 17.6 Å². The van der Waals surface area contributed by atoms with E-state index >= 15 is 0 Å². The highest BCUT2D eigenvalue weighted by Gasteiger charge is 2.38. The van der Waals surface area contributed by atoms with E-state index in [1.807, 2.05) is 43.0 Å². The summed E-state index contributed by atoms with van der Waals surface area (Å²) in [6.07, 6.45) is -0.142. The third kappa shape index (κ3) is 4.14.